The second kappa shape index (κ2) is 37.4. The molecule has 4 aliphatic rings. The van der Waals surface area contributed by atoms with E-state index in [0.29, 0.717) is 165 Å². The minimum absolute atomic E-state index is 0.0199. The molecule has 2 aromatic carbocycles. The number of amides is 5. The van der Waals surface area contributed by atoms with Gasteiger partial charge in [-0.05, 0) is 80.5 Å². The van der Waals surface area contributed by atoms with Gasteiger partial charge in [-0.15, -0.1) is 0 Å². The molecule has 94 heavy (non-hydrogen) atoms. The molecule has 3 atom stereocenters. The lowest BCUT2D eigenvalue weighted by Crippen LogP contribution is -2.47. The number of imide groups is 1. The minimum atomic E-state index is -1.99. The smallest absolute Gasteiger partial charge is 0.457 e. The lowest BCUT2D eigenvalue weighted by Gasteiger charge is -2.35. The maximum Gasteiger partial charge on any atom is 0.510 e. The van der Waals surface area contributed by atoms with Crippen molar-refractivity contribution < 1.29 is 95.1 Å². The zero-order chi connectivity index (χ0) is 66.7. The van der Waals surface area contributed by atoms with E-state index in [-0.39, 0.29) is 118 Å². The van der Waals surface area contributed by atoms with Gasteiger partial charge in [-0.1, -0.05) is 39.3 Å². The third kappa shape index (κ3) is 20.2. The van der Waals surface area contributed by atoms with E-state index in [2.05, 4.69) is 22.9 Å². The maximum atomic E-state index is 14.3. The van der Waals surface area contributed by atoms with Gasteiger partial charge in [0.25, 0.3) is 5.56 Å². The number of likely N-dealkylation sites (tertiary alicyclic amines) is 1. The molecule has 28 nitrogen and oxygen atoms in total. The van der Waals surface area contributed by atoms with Crippen molar-refractivity contribution in [3.63, 3.8) is 0 Å². The van der Waals surface area contributed by atoms with E-state index in [4.69, 9.17) is 72.3 Å². The molecule has 0 aliphatic carbocycles. The van der Waals surface area contributed by atoms with Crippen LogP contribution < -0.4 is 36.7 Å². The molecule has 1 saturated heterocycles. The van der Waals surface area contributed by atoms with Gasteiger partial charge in [0.1, 0.15) is 19.3 Å². The summed E-state index contributed by atoms with van der Waals surface area (Å²) >= 11 is 0. The van der Waals surface area contributed by atoms with E-state index in [0.717, 1.165) is 40.7 Å². The van der Waals surface area contributed by atoms with Crippen LogP contribution in [-0.2, 0) is 113 Å². The molecular formula is C66H89N7O21. The molecule has 1 unspecified atom stereocenters. The highest BCUT2D eigenvalue weighted by atomic mass is 16.7. The SMILES string of the molecule is CCCCc1c2c(nc3cc4c(cc13)OCO4)-c1cc3c(c(=O)n1C2)COC(=O)[C@@]3(CC)OC(=O)OCc1ccc(NC(=O)[C@H](CCCCN)NC(=O)CCOCCOCCOCCOCCOCCOCCOCCOCCNC(=O)CCN2C(=O)CC(C)C2=O)cc1. The van der Waals surface area contributed by atoms with Crippen LogP contribution >= 0.6 is 0 Å². The number of ether oxygens (including phenoxy) is 13. The molecule has 0 bridgehead atoms. The van der Waals surface area contributed by atoms with Crippen LogP contribution in [0.15, 0.2) is 47.3 Å². The molecule has 4 aromatic rings. The number of unbranched alkanes of at least 4 members (excludes halogenated alkanes) is 2. The first-order valence-electron chi connectivity index (χ1n) is 32.4. The Bertz CT molecular complexity index is 3270. The first-order valence-corrected chi connectivity index (χ1v) is 32.4. The molecule has 2 aromatic heterocycles. The average Bonchev–Trinajstić information content (AvgIpc) is 1.47. The molecule has 1 fully saturated rings. The minimum Gasteiger partial charge on any atom is -0.457 e. The molecular weight excluding hydrogens is 1230 g/mol. The van der Waals surface area contributed by atoms with Crippen LogP contribution in [0.5, 0.6) is 11.5 Å². The van der Waals surface area contributed by atoms with Crippen LogP contribution in [0.2, 0.25) is 0 Å². The van der Waals surface area contributed by atoms with Crippen molar-refractivity contribution in [1.29, 1.82) is 0 Å². The summed E-state index contributed by atoms with van der Waals surface area (Å²) < 4.78 is 74.1. The summed E-state index contributed by atoms with van der Waals surface area (Å²) in [5.41, 5.74) is 8.45. The molecule has 0 radical (unpaired) electrons. The van der Waals surface area contributed by atoms with Crippen molar-refractivity contribution in [1.82, 2.24) is 25.1 Å². The molecule has 0 spiro atoms. The fourth-order valence-electron chi connectivity index (χ4n) is 11.1. The van der Waals surface area contributed by atoms with Gasteiger partial charge in [0, 0.05) is 66.5 Å². The van der Waals surface area contributed by atoms with Gasteiger partial charge >= 0.3 is 12.1 Å². The lowest BCUT2D eigenvalue weighted by atomic mass is 9.85. The highest BCUT2D eigenvalue weighted by Gasteiger charge is 2.51. The Morgan fingerprint density at radius 2 is 1.34 bits per heavy atom. The number of pyridine rings is 2. The number of fused-ring (bicyclic) bond motifs is 6. The predicted molar refractivity (Wildman–Crippen MR) is 338 cm³/mol. The van der Waals surface area contributed by atoms with Crippen molar-refractivity contribution in [3.05, 3.63) is 80.6 Å². The zero-order valence-electron chi connectivity index (χ0n) is 54.0. The Kier molecular flexibility index (Phi) is 28.7. The Labute approximate surface area is 545 Å². The van der Waals surface area contributed by atoms with Crippen molar-refractivity contribution in [2.45, 2.75) is 116 Å². The summed E-state index contributed by atoms with van der Waals surface area (Å²) in [6, 6.07) is 11.2. The molecule has 5 N–H and O–H groups in total. The van der Waals surface area contributed by atoms with E-state index < -0.39 is 29.7 Å². The van der Waals surface area contributed by atoms with Gasteiger partial charge in [-0.3, -0.25) is 33.7 Å². The number of benzene rings is 2. The van der Waals surface area contributed by atoms with Crippen molar-refractivity contribution in [2.24, 2.45) is 11.7 Å². The Morgan fingerprint density at radius 1 is 0.723 bits per heavy atom. The highest BCUT2D eigenvalue weighted by molar-refractivity contribution is 6.03. The van der Waals surface area contributed by atoms with Gasteiger partial charge in [-0.2, -0.15) is 0 Å². The molecule has 514 valence electrons. The monoisotopic (exact) mass is 1320 g/mol. The van der Waals surface area contributed by atoms with Gasteiger partial charge in [0.2, 0.25) is 41.9 Å². The van der Waals surface area contributed by atoms with E-state index >= 15 is 0 Å². The van der Waals surface area contributed by atoms with Crippen LogP contribution in [0, 0.1) is 5.92 Å². The number of hydrogen-bond donors (Lipinski definition) is 4. The molecule has 5 amide bonds. The third-order valence-electron chi connectivity index (χ3n) is 16.2. The second-order valence-electron chi connectivity index (χ2n) is 22.8. The first kappa shape index (κ1) is 72.2. The van der Waals surface area contributed by atoms with Crippen LogP contribution in [0.3, 0.4) is 0 Å². The van der Waals surface area contributed by atoms with Gasteiger partial charge in [0.05, 0.1) is 135 Å². The third-order valence-corrected chi connectivity index (χ3v) is 16.2. The summed E-state index contributed by atoms with van der Waals surface area (Å²) in [6.45, 7) is 11.8. The number of nitrogens with one attached hydrogen (secondary N) is 3. The molecule has 28 heteroatoms. The van der Waals surface area contributed by atoms with Gasteiger partial charge in [0.15, 0.2) is 11.5 Å². The highest BCUT2D eigenvalue weighted by Crippen LogP contribution is 2.44. The zero-order valence-corrected chi connectivity index (χ0v) is 54.0. The fraction of sp³-hybridized carbons (Fsp3) is 0.591. The maximum absolute atomic E-state index is 14.3. The number of carbonyl (C=O) groups is 7. The van der Waals surface area contributed by atoms with E-state index in [1.165, 1.54) is 0 Å². The fourth-order valence-corrected chi connectivity index (χ4v) is 11.1. The van der Waals surface area contributed by atoms with Crippen LogP contribution in [-0.4, -0.2) is 194 Å². The molecule has 6 heterocycles. The summed E-state index contributed by atoms with van der Waals surface area (Å²) in [7, 11) is 0. The molecule has 0 saturated carbocycles. The van der Waals surface area contributed by atoms with Crippen LogP contribution in [0.25, 0.3) is 22.3 Å². The van der Waals surface area contributed by atoms with Crippen molar-refractivity contribution >= 4 is 58.3 Å². The van der Waals surface area contributed by atoms with Crippen molar-refractivity contribution in [2.75, 3.05) is 137 Å². The topological polar surface area (TPSA) is 340 Å². The number of nitrogens with zero attached hydrogens (tertiary/aromatic N) is 3. The van der Waals surface area contributed by atoms with E-state index in [1.807, 2.05) is 12.1 Å². The Morgan fingerprint density at radius 3 is 1.94 bits per heavy atom. The number of aryl methyl sites for hydroxylation is 1. The summed E-state index contributed by atoms with van der Waals surface area (Å²) in [5.74, 6) is -1.45. The number of esters is 1. The predicted octanol–water partition coefficient (Wildman–Crippen LogP) is 4.49. The molecule has 4 aliphatic heterocycles. The number of rotatable bonds is 44. The second-order valence-corrected chi connectivity index (χ2v) is 22.8. The number of nitrogens with two attached hydrogens (primary N) is 1. The number of hydrogen-bond acceptors (Lipinski definition) is 23. The number of anilines is 1. The van der Waals surface area contributed by atoms with E-state index in [1.54, 1.807) is 48.7 Å². The van der Waals surface area contributed by atoms with Crippen LogP contribution in [0.1, 0.15) is 106 Å². The normalized spacial score (nSPS) is 16.4. The Hall–Kier alpha value is -7.67. The quantitative estimate of drug-likeness (QED) is 0.0237. The van der Waals surface area contributed by atoms with Gasteiger partial charge < -0.3 is 87.8 Å². The summed E-state index contributed by atoms with van der Waals surface area (Å²) in [6.07, 6.45) is 3.27. The number of cyclic esters (lactones) is 1. The number of aromatic nitrogens is 2. The summed E-state index contributed by atoms with van der Waals surface area (Å²) in [4.78, 5) is 110. The van der Waals surface area contributed by atoms with Crippen molar-refractivity contribution in [3.8, 4) is 22.9 Å². The first-order chi connectivity index (χ1) is 45.7. The Balaban J connectivity index is 0.643. The largest absolute Gasteiger partial charge is 0.510 e. The average molecular weight is 1320 g/mol. The van der Waals surface area contributed by atoms with Gasteiger partial charge in [-0.25, -0.2) is 14.6 Å². The standard InChI is InChI=1S/C66H89N7O21/c1-4-6-9-47-48-37-55-56(93-43-92-55)39-53(48)71-60-49(47)40-73-54(60)38-51-50(63(73)79)42-90-64(80)66(51,5-2)94-65(81)91-41-45-11-13-46(14-12-45)69-61(77)52(10-7-8-17-67)70-58(75)16-20-82-22-24-84-26-28-86-30-32-88-34-35-89-33-31-87-29-27-85-25-23-83-21-18-68-57(74)15-19-72-59(76)36-44(3)62(72)78/h11-14,37-39,44,52H,4-10,15-36,40-43,67H2,1-3H3,(H,68,74)(H,69,77)(H,70,75)/t44?,52-,66-/m0/s1. The van der Waals surface area contributed by atoms with E-state index in [9.17, 15) is 38.4 Å². The number of carbonyl (C=O) groups excluding carboxylic acids is 7. The molecule has 8 rings (SSSR count). The summed E-state index contributed by atoms with van der Waals surface area (Å²) in [5, 5.41) is 9.28. The van der Waals surface area contributed by atoms with Crippen LogP contribution in [0.4, 0.5) is 10.5 Å². The lowest BCUT2D eigenvalue weighted by molar-refractivity contribution is -0.175.